The van der Waals surface area contributed by atoms with Crippen LogP contribution in [0.5, 0.6) is 0 Å². The third-order valence-corrected chi connectivity index (χ3v) is 4.75. The largest absolute Gasteiger partial charge is 0.353 e. The van der Waals surface area contributed by atoms with E-state index >= 15 is 0 Å². The Kier molecular flexibility index (Phi) is 7.76. The van der Waals surface area contributed by atoms with Crippen LogP contribution >= 0.6 is 0 Å². The zero-order chi connectivity index (χ0) is 18.1. The van der Waals surface area contributed by atoms with Gasteiger partial charge in [-0.1, -0.05) is 38.1 Å². The number of hydrogen-bond acceptors (Lipinski definition) is 2. The fourth-order valence-electron chi connectivity index (χ4n) is 3.07. The fourth-order valence-corrected chi connectivity index (χ4v) is 3.07. The lowest BCUT2D eigenvalue weighted by atomic mass is 10.0. The van der Waals surface area contributed by atoms with Crippen LogP contribution in [0, 0.1) is 0 Å². The molecule has 138 valence electrons. The minimum absolute atomic E-state index is 0.0159. The molecule has 2 rings (SSSR count). The van der Waals surface area contributed by atoms with Gasteiger partial charge < -0.3 is 15.5 Å². The summed E-state index contributed by atoms with van der Waals surface area (Å²) >= 11 is 0. The molecule has 1 aliphatic rings. The molecule has 2 N–H and O–H groups in total. The maximum atomic E-state index is 12.2. The number of piperidine rings is 1. The molecule has 0 spiro atoms. The number of nitrogens with one attached hydrogen (secondary N) is 2. The fraction of sp³-hybridized carbons (Fsp3) is 0.600. The standard InChI is InChI=1S/C20H31N3O2/c1-3-13-21-20(25)23-14-11-18(12-15-23)22-19(24)10-9-17-7-5-16(4-2)6-8-17/h5-8,18H,3-4,9-15H2,1-2H3,(H,21,25)(H,22,24). The Hall–Kier alpha value is -2.04. The Morgan fingerprint density at radius 1 is 1.08 bits per heavy atom. The number of nitrogens with zero attached hydrogens (tertiary/aromatic N) is 1. The SMILES string of the molecule is CCCNC(=O)N1CCC(NC(=O)CCc2ccc(CC)cc2)CC1. The van der Waals surface area contributed by atoms with Crippen LogP contribution in [0.1, 0.15) is 50.7 Å². The van der Waals surface area contributed by atoms with Crippen molar-refractivity contribution in [2.24, 2.45) is 0 Å². The molecule has 1 fully saturated rings. The van der Waals surface area contributed by atoms with E-state index in [1.807, 2.05) is 11.8 Å². The number of amides is 3. The van der Waals surface area contributed by atoms with Gasteiger partial charge in [0.05, 0.1) is 0 Å². The van der Waals surface area contributed by atoms with Gasteiger partial charge in [0.15, 0.2) is 0 Å². The number of urea groups is 1. The van der Waals surface area contributed by atoms with E-state index in [2.05, 4.69) is 41.8 Å². The average molecular weight is 345 g/mol. The van der Waals surface area contributed by atoms with E-state index in [-0.39, 0.29) is 18.0 Å². The molecule has 5 nitrogen and oxygen atoms in total. The first-order chi connectivity index (χ1) is 12.1. The van der Waals surface area contributed by atoms with Gasteiger partial charge in [-0.2, -0.15) is 0 Å². The molecular weight excluding hydrogens is 314 g/mol. The van der Waals surface area contributed by atoms with Crippen LogP contribution in [0.4, 0.5) is 4.79 Å². The smallest absolute Gasteiger partial charge is 0.317 e. The van der Waals surface area contributed by atoms with Crippen molar-refractivity contribution in [3.05, 3.63) is 35.4 Å². The molecule has 25 heavy (non-hydrogen) atoms. The van der Waals surface area contributed by atoms with Gasteiger partial charge in [0, 0.05) is 32.1 Å². The van der Waals surface area contributed by atoms with E-state index in [4.69, 9.17) is 0 Å². The second-order valence-corrected chi connectivity index (χ2v) is 6.73. The van der Waals surface area contributed by atoms with Crippen molar-refractivity contribution in [1.29, 1.82) is 0 Å². The highest BCUT2D eigenvalue weighted by atomic mass is 16.2. The normalized spacial score (nSPS) is 15.0. The predicted molar refractivity (Wildman–Crippen MR) is 101 cm³/mol. The van der Waals surface area contributed by atoms with Crippen LogP contribution < -0.4 is 10.6 Å². The lowest BCUT2D eigenvalue weighted by Gasteiger charge is -2.32. The van der Waals surface area contributed by atoms with E-state index in [1.165, 1.54) is 11.1 Å². The molecule has 1 saturated heterocycles. The Labute approximate surface area is 151 Å². The number of hydrogen-bond donors (Lipinski definition) is 2. The highest BCUT2D eigenvalue weighted by Gasteiger charge is 2.23. The predicted octanol–water partition coefficient (Wildman–Crippen LogP) is 2.88. The lowest BCUT2D eigenvalue weighted by Crippen LogP contribution is -2.49. The van der Waals surface area contributed by atoms with E-state index in [9.17, 15) is 9.59 Å². The molecule has 5 heteroatoms. The van der Waals surface area contributed by atoms with E-state index in [0.29, 0.717) is 26.1 Å². The zero-order valence-electron chi connectivity index (χ0n) is 15.5. The van der Waals surface area contributed by atoms with Gasteiger partial charge in [-0.3, -0.25) is 4.79 Å². The molecule has 0 saturated carbocycles. The van der Waals surface area contributed by atoms with Crippen LogP contribution in [0.2, 0.25) is 0 Å². The number of rotatable bonds is 7. The van der Waals surface area contributed by atoms with Crippen molar-refractivity contribution in [3.63, 3.8) is 0 Å². The van der Waals surface area contributed by atoms with Crippen LogP contribution in [-0.4, -0.2) is 42.5 Å². The van der Waals surface area contributed by atoms with E-state index < -0.39 is 0 Å². The first-order valence-electron chi connectivity index (χ1n) is 9.52. The Bertz CT molecular complexity index is 549. The second kappa shape index (κ2) is 10.1. The summed E-state index contributed by atoms with van der Waals surface area (Å²) < 4.78 is 0. The molecule has 0 radical (unpaired) electrons. The van der Waals surface area contributed by atoms with Crippen LogP contribution in [0.3, 0.4) is 0 Å². The molecular formula is C20H31N3O2. The zero-order valence-corrected chi connectivity index (χ0v) is 15.5. The van der Waals surface area contributed by atoms with Crippen molar-refractivity contribution in [2.75, 3.05) is 19.6 Å². The van der Waals surface area contributed by atoms with Gasteiger partial charge in [0.2, 0.25) is 5.91 Å². The summed E-state index contributed by atoms with van der Waals surface area (Å²) in [6.07, 6.45) is 4.93. The van der Waals surface area contributed by atoms with Crippen molar-refractivity contribution in [1.82, 2.24) is 15.5 Å². The van der Waals surface area contributed by atoms with Crippen LogP contribution in [-0.2, 0) is 17.6 Å². The summed E-state index contributed by atoms with van der Waals surface area (Å²) in [5.74, 6) is 0.105. The minimum atomic E-state index is 0.0159. The maximum Gasteiger partial charge on any atom is 0.317 e. The summed E-state index contributed by atoms with van der Waals surface area (Å²) in [4.78, 5) is 25.9. The molecule has 0 bridgehead atoms. The Morgan fingerprint density at radius 2 is 1.72 bits per heavy atom. The molecule has 1 aromatic rings. The topological polar surface area (TPSA) is 61.4 Å². The second-order valence-electron chi connectivity index (χ2n) is 6.73. The van der Waals surface area contributed by atoms with E-state index in [0.717, 1.165) is 32.1 Å². The number of carbonyl (C=O) groups excluding carboxylic acids is 2. The van der Waals surface area contributed by atoms with Crippen molar-refractivity contribution in [2.45, 2.75) is 58.4 Å². The highest BCUT2D eigenvalue weighted by Crippen LogP contribution is 2.12. The van der Waals surface area contributed by atoms with Gasteiger partial charge >= 0.3 is 6.03 Å². The number of carbonyl (C=O) groups is 2. The quantitative estimate of drug-likeness (QED) is 0.798. The third-order valence-electron chi connectivity index (χ3n) is 4.75. The number of benzene rings is 1. The van der Waals surface area contributed by atoms with Gasteiger partial charge in [-0.25, -0.2) is 4.79 Å². The summed E-state index contributed by atoms with van der Waals surface area (Å²) in [7, 11) is 0. The molecule has 0 aliphatic carbocycles. The van der Waals surface area contributed by atoms with Crippen LogP contribution in [0.15, 0.2) is 24.3 Å². The molecule has 1 aromatic carbocycles. The van der Waals surface area contributed by atoms with Gasteiger partial charge in [0.25, 0.3) is 0 Å². The van der Waals surface area contributed by atoms with Gasteiger partial charge in [-0.05, 0) is 43.2 Å². The van der Waals surface area contributed by atoms with Gasteiger partial charge in [0.1, 0.15) is 0 Å². The Balaban J connectivity index is 1.67. The maximum absolute atomic E-state index is 12.2. The van der Waals surface area contributed by atoms with Gasteiger partial charge in [-0.15, -0.1) is 0 Å². The van der Waals surface area contributed by atoms with Crippen LogP contribution in [0.25, 0.3) is 0 Å². The van der Waals surface area contributed by atoms with Crippen molar-refractivity contribution < 1.29 is 9.59 Å². The number of aryl methyl sites for hydroxylation is 2. The number of likely N-dealkylation sites (tertiary alicyclic amines) is 1. The molecule has 0 unspecified atom stereocenters. The van der Waals surface area contributed by atoms with E-state index in [1.54, 1.807) is 0 Å². The lowest BCUT2D eigenvalue weighted by molar-refractivity contribution is -0.122. The molecule has 1 heterocycles. The van der Waals surface area contributed by atoms with Crippen molar-refractivity contribution in [3.8, 4) is 0 Å². The third kappa shape index (κ3) is 6.40. The summed E-state index contributed by atoms with van der Waals surface area (Å²) in [6.45, 7) is 6.31. The Morgan fingerprint density at radius 3 is 2.32 bits per heavy atom. The molecule has 0 atom stereocenters. The molecule has 3 amide bonds. The summed E-state index contributed by atoms with van der Waals surface area (Å²) in [6, 6.07) is 8.69. The average Bonchev–Trinajstić information content (AvgIpc) is 2.65. The highest BCUT2D eigenvalue weighted by molar-refractivity contribution is 5.77. The molecule has 0 aromatic heterocycles. The first kappa shape index (κ1) is 19.3. The monoisotopic (exact) mass is 345 g/mol. The first-order valence-corrected chi connectivity index (χ1v) is 9.52. The summed E-state index contributed by atoms with van der Waals surface area (Å²) in [5, 5.41) is 6.02. The molecule has 1 aliphatic heterocycles. The minimum Gasteiger partial charge on any atom is -0.353 e. The van der Waals surface area contributed by atoms with Crippen molar-refractivity contribution >= 4 is 11.9 Å². The summed E-state index contributed by atoms with van der Waals surface area (Å²) in [5.41, 5.74) is 2.53.